The van der Waals surface area contributed by atoms with E-state index in [9.17, 15) is 0 Å². The van der Waals surface area contributed by atoms with E-state index in [0.29, 0.717) is 12.2 Å². The first kappa shape index (κ1) is 14.3. The summed E-state index contributed by atoms with van der Waals surface area (Å²) in [5.41, 5.74) is 0. The molecular formula is C16H31NO. The zero-order chi connectivity index (χ0) is 13.0. The fraction of sp³-hybridized carbons (Fsp3) is 1.00. The van der Waals surface area contributed by atoms with E-state index in [0.717, 1.165) is 11.8 Å². The molecule has 0 aromatic carbocycles. The molecule has 0 amide bonds. The van der Waals surface area contributed by atoms with Crippen molar-refractivity contribution < 1.29 is 4.74 Å². The van der Waals surface area contributed by atoms with Gasteiger partial charge < -0.3 is 9.64 Å². The lowest BCUT2D eigenvalue weighted by Crippen LogP contribution is -2.39. The highest BCUT2D eigenvalue weighted by atomic mass is 16.5. The number of likely N-dealkylation sites (tertiary alicyclic amines) is 1. The van der Waals surface area contributed by atoms with Crippen LogP contribution in [0.15, 0.2) is 0 Å². The minimum atomic E-state index is 0.549. The molecule has 1 aliphatic heterocycles. The first-order valence-electron chi connectivity index (χ1n) is 8.06. The second-order valence-electron chi connectivity index (χ2n) is 6.55. The monoisotopic (exact) mass is 253 g/mol. The van der Waals surface area contributed by atoms with Gasteiger partial charge in [0.15, 0.2) is 0 Å². The molecule has 18 heavy (non-hydrogen) atoms. The summed E-state index contributed by atoms with van der Waals surface area (Å²) < 4.78 is 6.33. The third kappa shape index (κ3) is 3.96. The van der Waals surface area contributed by atoms with E-state index in [4.69, 9.17) is 4.74 Å². The third-order valence-corrected chi connectivity index (χ3v) is 5.03. The van der Waals surface area contributed by atoms with E-state index in [1.165, 1.54) is 58.2 Å². The summed E-state index contributed by atoms with van der Waals surface area (Å²) in [6, 6.07) is 0. The zero-order valence-electron chi connectivity index (χ0n) is 12.5. The molecule has 1 saturated heterocycles. The Morgan fingerprint density at radius 1 is 0.944 bits per heavy atom. The lowest BCUT2D eigenvalue weighted by molar-refractivity contribution is -0.0624. The largest absolute Gasteiger partial charge is 0.375 e. The van der Waals surface area contributed by atoms with Gasteiger partial charge in [0.1, 0.15) is 0 Å². The van der Waals surface area contributed by atoms with E-state index < -0.39 is 0 Å². The van der Waals surface area contributed by atoms with Gasteiger partial charge in [-0.3, -0.25) is 0 Å². The number of hydrogen-bond acceptors (Lipinski definition) is 2. The average Bonchev–Trinajstić information content (AvgIpc) is 2.40. The highest BCUT2D eigenvalue weighted by molar-refractivity contribution is 4.78. The molecule has 2 rings (SSSR count). The molecule has 2 nitrogen and oxygen atoms in total. The summed E-state index contributed by atoms with van der Waals surface area (Å²) in [4.78, 5) is 2.54. The highest BCUT2D eigenvalue weighted by Gasteiger charge is 2.27. The van der Waals surface area contributed by atoms with Gasteiger partial charge in [-0.2, -0.15) is 0 Å². The number of hydrogen-bond donors (Lipinski definition) is 0. The molecule has 0 atom stereocenters. The second kappa shape index (κ2) is 6.91. The number of piperidine rings is 1. The summed E-state index contributed by atoms with van der Waals surface area (Å²) in [5.74, 6) is 1.81. The summed E-state index contributed by atoms with van der Waals surface area (Å²) >= 11 is 0. The first-order chi connectivity index (χ1) is 8.69. The molecule has 1 aliphatic carbocycles. The van der Waals surface area contributed by atoms with E-state index in [1.54, 1.807) is 0 Å². The van der Waals surface area contributed by atoms with Gasteiger partial charge in [-0.1, -0.05) is 20.8 Å². The van der Waals surface area contributed by atoms with Crippen molar-refractivity contribution in [1.29, 1.82) is 0 Å². The van der Waals surface area contributed by atoms with Crippen LogP contribution in [0.5, 0.6) is 0 Å². The average molecular weight is 253 g/mol. The number of nitrogens with zero attached hydrogens (tertiary/aromatic N) is 1. The van der Waals surface area contributed by atoms with Crippen molar-refractivity contribution in [3.05, 3.63) is 0 Å². The standard InChI is InChI=1S/C16H31NO/c1-4-17-11-9-16(10-12-17)18-15-7-5-14(6-8-15)13(2)3/h13-16H,4-12H2,1-3H3. The van der Waals surface area contributed by atoms with E-state index >= 15 is 0 Å². The maximum atomic E-state index is 6.33. The maximum Gasteiger partial charge on any atom is 0.0603 e. The number of rotatable bonds is 4. The molecule has 0 aromatic heterocycles. The van der Waals surface area contributed by atoms with Crippen LogP contribution in [0.1, 0.15) is 59.3 Å². The van der Waals surface area contributed by atoms with Crippen molar-refractivity contribution in [3.63, 3.8) is 0 Å². The van der Waals surface area contributed by atoms with Gasteiger partial charge in [-0.15, -0.1) is 0 Å². The van der Waals surface area contributed by atoms with Gasteiger partial charge in [-0.25, -0.2) is 0 Å². The minimum absolute atomic E-state index is 0.549. The lowest BCUT2D eigenvalue weighted by Gasteiger charge is -2.36. The predicted octanol–water partition coefficient (Wildman–Crippen LogP) is 3.70. The van der Waals surface area contributed by atoms with Crippen LogP contribution in [0.3, 0.4) is 0 Å². The van der Waals surface area contributed by atoms with Gasteiger partial charge in [0.25, 0.3) is 0 Å². The summed E-state index contributed by atoms with van der Waals surface area (Å²) in [6.07, 6.45) is 8.99. The molecule has 2 fully saturated rings. The van der Waals surface area contributed by atoms with Crippen LogP contribution in [-0.2, 0) is 4.74 Å². The molecule has 1 saturated carbocycles. The van der Waals surface area contributed by atoms with Crippen LogP contribution in [0, 0.1) is 11.8 Å². The van der Waals surface area contributed by atoms with Crippen molar-refractivity contribution in [2.24, 2.45) is 11.8 Å². The number of ether oxygens (including phenoxy) is 1. The maximum absolute atomic E-state index is 6.33. The molecule has 0 bridgehead atoms. The van der Waals surface area contributed by atoms with Crippen molar-refractivity contribution in [1.82, 2.24) is 4.90 Å². The van der Waals surface area contributed by atoms with Crippen LogP contribution in [-0.4, -0.2) is 36.7 Å². The first-order valence-corrected chi connectivity index (χ1v) is 8.06. The Labute approximate surface area is 113 Å². The van der Waals surface area contributed by atoms with Crippen LogP contribution < -0.4 is 0 Å². The highest BCUT2D eigenvalue weighted by Crippen LogP contribution is 2.32. The SMILES string of the molecule is CCN1CCC(OC2CCC(C(C)C)CC2)CC1. The quantitative estimate of drug-likeness (QED) is 0.757. The molecule has 2 heteroatoms. The molecule has 0 unspecified atom stereocenters. The van der Waals surface area contributed by atoms with Gasteiger partial charge in [-0.05, 0) is 56.9 Å². The third-order valence-electron chi connectivity index (χ3n) is 5.03. The Morgan fingerprint density at radius 3 is 2.00 bits per heavy atom. The van der Waals surface area contributed by atoms with E-state index in [2.05, 4.69) is 25.7 Å². The molecule has 0 N–H and O–H groups in total. The van der Waals surface area contributed by atoms with E-state index in [1.807, 2.05) is 0 Å². The topological polar surface area (TPSA) is 12.5 Å². The predicted molar refractivity (Wildman–Crippen MR) is 76.8 cm³/mol. The molecular weight excluding hydrogens is 222 g/mol. The fourth-order valence-electron chi connectivity index (χ4n) is 3.53. The van der Waals surface area contributed by atoms with Crippen LogP contribution in [0.2, 0.25) is 0 Å². The Bertz CT molecular complexity index is 225. The van der Waals surface area contributed by atoms with Gasteiger partial charge in [0, 0.05) is 13.1 Å². The van der Waals surface area contributed by atoms with Crippen molar-refractivity contribution in [2.45, 2.75) is 71.5 Å². The second-order valence-corrected chi connectivity index (χ2v) is 6.55. The molecule has 0 radical (unpaired) electrons. The van der Waals surface area contributed by atoms with Crippen molar-refractivity contribution in [3.8, 4) is 0 Å². The Balaban J connectivity index is 1.66. The van der Waals surface area contributed by atoms with Crippen LogP contribution >= 0.6 is 0 Å². The normalized spacial score (nSPS) is 32.0. The lowest BCUT2D eigenvalue weighted by atomic mass is 9.80. The fourth-order valence-corrected chi connectivity index (χ4v) is 3.53. The van der Waals surface area contributed by atoms with Gasteiger partial charge in [0.2, 0.25) is 0 Å². The van der Waals surface area contributed by atoms with Crippen molar-refractivity contribution >= 4 is 0 Å². The molecule has 0 spiro atoms. The Hall–Kier alpha value is -0.0800. The minimum Gasteiger partial charge on any atom is -0.375 e. The van der Waals surface area contributed by atoms with Crippen LogP contribution in [0.25, 0.3) is 0 Å². The smallest absolute Gasteiger partial charge is 0.0603 e. The van der Waals surface area contributed by atoms with E-state index in [-0.39, 0.29) is 0 Å². The van der Waals surface area contributed by atoms with Gasteiger partial charge >= 0.3 is 0 Å². The molecule has 2 aliphatic rings. The Kier molecular flexibility index (Phi) is 5.50. The van der Waals surface area contributed by atoms with Crippen molar-refractivity contribution in [2.75, 3.05) is 19.6 Å². The molecule has 0 aromatic rings. The van der Waals surface area contributed by atoms with Crippen LogP contribution in [0.4, 0.5) is 0 Å². The Morgan fingerprint density at radius 2 is 1.50 bits per heavy atom. The molecule has 1 heterocycles. The van der Waals surface area contributed by atoms with Gasteiger partial charge in [0.05, 0.1) is 12.2 Å². The summed E-state index contributed by atoms with van der Waals surface area (Å²) in [5, 5.41) is 0. The summed E-state index contributed by atoms with van der Waals surface area (Å²) in [6.45, 7) is 10.7. The summed E-state index contributed by atoms with van der Waals surface area (Å²) in [7, 11) is 0. The molecule has 106 valence electrons. The zero-order valence-corrected chi connectivity index (χ0v) is 12.5.